The van der Waals surface area contributed by atoms with Gasteiger partial charge in [0.2, 0.25) is 0 Å². The van der Waals surface area contributed by atoms with Crippen molar-refractivity contribution >= 4 is 46.4 Å². The molecule has 3 rings (SSSR count). The van der Waals surface area contributed by atoms with Crippen LogP contribution in [0, 0.1) is 0 Å². The number of nitrogens with one attached hydrogen (secondary N) is 1. The van der Waals surface area contributed by atoms with E-state index in [9.17, 15) is 9.59 Å². The fourth-order valence-electron chi connectivity index (χ4n) is 2.43. The highest BCUT2D eigenvalue weighted by Crippen LogP contribution is 2.20. The van der Waals surface area contributed by atoms with Crippen molar-refractivity contribution in [2.24, 2.45) is 5.73 Å². The molecular formula is C15H16ClN5O2S. The van der Waals surface area contributed by atoms with E-state index in [0.29, 0.717) is 41.8 Å². The van der Waals surface area contributed by atoms with Crippen LogP contribution < -0.4 is 16.0 Å². The van der Waals surface area contributed by atoms with E-state index in [2.05, 4.69) is 15.2 Å². The molecule has 0 aromatic carbocycles. The van der Waals surface area contributed by atoms with Gasteiger partial charge in [-0.2, -0.15) is 0 Å². The van der Waals surface area contributed by atoms with Crippen LogP contribution in [0.2, 0.25) is 5.02 Å². The number of nitrogens with zero attached hydrogens (tertiary/aromatic N) is 3. The molecule has 0 saturated carbocycles. The third kappa shape index (κ3) is 3.77. The zero-order chi connectivity index (χ0) is 17.1. The van der Waals surface area contributed by atoms with Gasteiger partial charge in [0, 0.05) is 37.8 Å². The highest BCUT2D eigenvalue weighted by Gasteiger charge is 2.22. The summed E-state index contributed by atoms with van der Waals surface area (Å²) in [6.45, 7) is 2.56. The van der Waals surface area contributed by atoms with Crippen molar-refractivity contribution in [2.75, 3.05) is 36.4 Å². The Kier molecular flexibility index (Phi) is 4.86. The number of anilines is 2. The second kappa shape index (κ2) is 7.06. The molecule has 7 nitrogen and oxygen atoms in total. The smallest absolute Gasteiger partial charge is 0.321 e. The largest absolute Gasteiger partial charge is 0.365 e. The summed E-state index contributed by atoms with van der Waals surface area (Å²) in [4.78, 5) is 31.9. The van der Waals surface area contributed by atoms with Gasteiger partial charge >= 0.3 is 6.03 Å². The van der Waals surface area contributed by atoms with E-state index in [1.165, 1.54) is 11.3 Å². The summed E-state index contributed by atoms with van der Waals surface area (Å²) >= 11 is 7.05. The quantitative estimate of drug-likeness (QED) is 0.872. The van der Waals surface area contributed by atoms with E-state index < -0.39 is 5.91 Å². The van der Waals surface area contributed by atoms with Crippen molar-refractivity contribution in [3.05, 3.63) is 39.7 Å². The SMILES string of the molecule is NC(=O)c1cc(NC(=O)N2CCN(c3ccc(Cl)cn3)CC2)cs1. The Morgan fingerprint density at radius 2 is 2.00 bits per heavy atom. The average Bonchev–Trinajstić information content (AvgIpc) is 3.04. The fourth-order valence-corrected chi connectivity index (χ4v) is 3.23. The van der Waals surface area contributed by atoms with Crippen molar-refractivity contribution in [2.45, 2.75) is 0 Å². The Balaban J connectivity index is 1.54. The number of primary amides is 1. The number of carbonyl (C=O) groups is 2. The molecule has 0 atom stereocenters. The third-order valence-electron chi connectivity index (χ3n) is 3.70. The molecule has 24 heavy (non-hydrogen) atoms. The normalized spacial score (nSPS) is 14.5. The second-order valence-corrected chi connectivity index (χ2v) is 6.65. The number of hydrogen-bond donors (Lipinski definition) is 2. The zero-order valence-electron chi connectivity index (χ0n) is 12.7. The molecule has 1 fully saturated rings. The van der Waals surface area contributed by atoms with Gasteiger partial charge in [-0.15, -0.1) is 11.3 Å². The fraction of sp³-hybridized carbons (Fsp3) is 0.267. The molecule has 1 aliphatic rings. The van der Waals surface area contributed by atoms with Gasteiger partial charge in [-0.1, -0.05) is 11.6 Å². The number of piperazine rings is 1. The van der Waals surface area contributed by atoms with Crippen LogP contribution in [0.1, 0.15) is 9.67 Å². The molecule has 9 heteroatoms. The average molecular weight is 366 g/mol. The lowest BCUT2D eigenvalue weighted by Gasteiger charge is -2.35. The molecule has 3 heterocycles. The highest BCUT2D eigenvalue weighted by atomic mass is 35.5. The van der Waals surface area contributed by atoms with Gasteiger partial charge in [0.1, 0.15) is 5.82 Å². The molecule has 0 spiro atoms. The number of rotatable bonds is 3. The van der Waals surface area contributed by atoms with Gasteiger partial charge in [-0.3, -0.25) is 4.79 Å². The van der Waals surface area contributed by atoms with Gasteiger partial charge in [0.25, 0.3) is 5.91 Å². The molecule has 0 radical (unpaired) electrons. The number of amides is 3. The topological polar surface area (TPSA) is 91.6 Å². The van der Waals surface area contributed by atoms with Crippen molar-refractivity contribution in [3.8, 4) is 0 Å². The predicted octanol–water partition coefficient (Wildman–Crippen LogP) is 2.25. The number of halogens is 1. The third-order valence-corrected chi connectivity index (χ3v) is 4.86. The van der Waals surface area contributed by atoms with Crippen LogP contribution in [0.15, 0.2) is 29.8 Å². The molecule has 126 valence electrons. The first-order valence-electron chi connectivity index (χ1n) is 7.34. The summed E-state index contributed by atoms with van der Waals surface area (Å²) in [5.74, 6) is 0.355. The number of urea groups is 1. The van der Waals surface area contributed by atoms with E-state index in [4.69, 9.17) is 17.3 Å². The lowest BCUT2D eigenvalue weighted by atomic mass is 10.3. The minimum Gasteiger partial charge on any atom is -0.365 e. The van der Waals surface area contributed by atoms with Crippen LogP contribution in [0.3, 0.4) is 0 Å². The maximum absolute atomic E-state index is 12.3. The first-order valence-corrected chi connectivity index (χ1v) is 8.59. The lowest BCUT2D eigenvalue weighted by molar-refractivity contribution is 0.100. The Labute approximate surface area is 148 Å². The van der Waals surface area contributed by atoms with Crippen molar-refractivity contribution < 1.29 is 9.59 Å². The monoisotopic (exact) mass is 365 g/mol. The zero-order valence-corrected chi connectivity index (χ0v) is 14.3. The van der Waals surface area contributed by atoms with Crippen molar-refractivity contribution in [3.63, 3.8) is 0 Å². The maximum atomic E-state index is 12.3. The highest BCUT2D eigenvalue weighted by molar-refractivity contribution is 7.12. The maximum Gasteiger partial charge on any atom is 0.321 e. The van der Waals surface area contributed by atoms with E-state index in [-0.39, 0.29) is 6.03 Å². The van der Waals surface area contributed by atoms with Crippen molar-refractivity contribution in [1.82, 2.24) is 9.88 Å². The Hall–Kier alpha value is -2.32. The predicted molar refractivity (Wildman–Crippen MR) is 94.9 cm³/mol. The molecular weight excluding hydrogens is 350 g/mol. The van der Waals surface area contributed by atoms with E-state index in [0.717, 1.165) is 5.82 Å². The molecule has 0 unspecified atom stereocenters. The first kappa shape index (κ1) is 16.5. The van der Waals surface area contributed by atoms with Crippen LogP contribution in [-0.2, 0) is 0 Å². The molecule has 2 aromatic rings. The van der Waals surface area contributed by atoms with Gasteiger partial charge in [-0.25, -0.2) is 9.78 Å². The molecule has 1 aliphatic heterocycles. The number of hydrogen-bond acceptors (Lipinski definition) is 5. The molecule has 0 aliphatic carbocycles. The van der Waals surface area contributed by atoms with Crippen molar-refractivity contribution in [1.29, 1.82) is 0 Å². The Morgan fingerprint density at radius 3 is 2.58 bits per heavy atom. The van der Waals surface area contributed by atoms with Crippen LogP contribution in [-0.4, -0.2) is 48.0 Å². The van der Waals surface area contributed by atoms with Gasteiger partial charge < -0.3 is 20.9 Å². The Morgan fingerprint density at radius 1 is 1.25 bits per heavy atom. The number of nitrogens with two attached hydrogens (primary N) is 1. The number of pyridine rings is 1. The van der Waals surface area contributed by atoms with Crippen LogP contribution >= 0.6 is 22.9 Å². The number of aromatic nitrogens is 1. The van der Waals surface area contributed by atoms with Crippen LogP contribution in [0.4, 0.5) is 16.3 Å². The first-order chi connectivity index (χ1) is 11.5. The second-order valence-electron chi connectivity index (χ2n) is 5.30. The van der Waals surface area contributed by atoms with Crippen LogP contribution in [0.5, 0.6) is 0 Å². The molecule has 0 bridgehead atoms. The minimum atomic E-state index is -0.496. The Bertz CT molecular complexity index is 741. The number of thiophene rings is 1. The molecule has 3 N–H and O–H groups in total. The summed E-state index contributed by atoms with van der Waals surface area (Å²) in [5, 5.41) is 5.09. The van der Waals surface area contributed by atoms with Gasteiger partial charge in [0.15, 0.2) is 0 Å². The van der Waals surface area contributed by atoms with E-state index in [1.54, 1.807) is 28.6 Å². The van der Waals surface area contributed by atoms with Crippen LogP contribution in [0.25, 0.3) is 0 Å². The van der Waals surface area contributed by atoms with Gasteiger partial charge in [0.05, 0.1) is 15.6 Å². The minimum absolute atomic E-state index is 0.187. The molecule has 2 aromatic heterocycles. The molecule has 1 saturated heterocycles. The summed E-state index contributed by atoms with van der Waals surface area (Å²) in [6, 6.07) is 5.07. The number of carbonyl (C=O) groups excluding carboxylic acids is 2. The summed E-state index contributed by atoms with van der Waals surface area (Å²) < 4.78 is 0. The molecule has 3 amide bonds. The standard InChI is InChI=1S/C15H16ClN5O2S/c16-10-1-2-13(18-8-10)20-3-5-21(6-4-20)15(23)19-11-7-12(14(17)22)24-9-11/h1-2,7-9H,3-6H2,(H2,17,22)(H,19,23). The van der Waals surface area contributed by atoms with E-state index >= 15 is 0 Å². The lowest BCUT2D eigenvalue weighted by Crippen LogP contribution is -2.50. The van der Waals surface area contributed by atoms with Gasteiger partial charge in [-0.05, 0) is 18.2 Å². The van der Waals surface area contributed by atoms with E-state index in [1.807, 2.05) is 6.07 Å². The summed E-state index contributed by atoms with van der Waals surface area (Å²) in [7, 11) is 0. The summed E-state index contributed by atoms with van der Waals surface area (Å²) in [6.07, 6.45) is 1.61. The summed E-state index contributed by atoms with van der Waals surface area (Å²) in [5.41, 5.74) is 5.79.